The van der Waals surface area contributed by atoms with Gasteiger partial charge in [-0.1, -0.05) is 26.0 Å². The van der Waals surface area contributed by atoms with Gasteiger partial charge in [0, 0.05) is 19.0 Å². The number of rotatable bonds is 9. The van der Waals surface area contributed by atoms with E-state index in [2.05, 4.69) is 31.9 Å². The average Bonchev–Trinajstić information content (AvgIpc) is 2.75. The Kier molecular flexibility index (Phi) is 9.38. The Hall–Kier alpha value is -1.82. The molecular weight excluding hydrogens is 429 g/mol. The molecule has 0 amide bonds. The van der Waals surface area contributed by atoms with Gasteiger partial charge in [0.15, 0.2) is 11.5 Å². The molecule has 0 saturated carbocycles. The van der Waals surface area contributed by atoms with E-state index in [1.807, 2.05) is 18.2 Å². The van der Waals surface area contributed by atoms with Crippen molar-refractivity contribution in [3.8, 4) is 11.5 Å². The minimum absolute atomic E-state index is 0. The Morgan fingerprint density at radius 2 is 1.81 bits per heavy atom. The molecule has 0 fully saturated rings. The lowest BCUT2D eigenvalue weighted by atomic mass is 9.66. The third-order valence-electron chi connectivity index (χ3n) is 6.67. The van der Waals surface area contributed by atoms with Crippen molar-refractivity contribution < 1.29 is 19.0 Å². The number of likely N-dealkylation sites (N-methyl/N-ethyl adjacent to an activating group) is 1. The van der Waals surface area contributed by atoms with Crippen LogP contribution < -0.4 is 9.47 Å². The first-order valence-corrected chi connectivity index (χ1v) is 11.2. The van der Waals surface area contributed by atoms with Crippen LogP contribution in [0.3, 0.4) is 0 Å². The van der Waals surface area contributed by atoms with Crippen LogP contribution in [0.5, 0.6) is 11.5 Å². The first-order valence-electron chi connectivity index (χ1n) is 11.2. The van der Waals surface area contributed by atoms with Crippen LogP contribution in [-0.2, 0) is 12.8 Å². The summed E-state index contributed by atoms with van der Waals surface area (Å²) >= 11 is 0. The van der Waals surface area contributed by atoms with E-state index in [9.17, 15) is 9.50 Å². The highest BCUT2D eigenvalue weighted by Gasteiger charge is 2.43. The maximum atomic E-state index is 13.7. The van der Waals surface area contributed by atoms with Crippen molar-refractivity contribution in [3.05, 3.63) is 58.9 Å². The van der Waals surface area contributed by atoms with Crippen LogP contribution in [0.1, 0.15) is 49.3 Å². The van der Waals surface area contributed by atoms with Gasteiger partial charge < -0.3 is 19.5 Å². The lowest BCUT2D eigenvalue weighted by molar-refractivity contribution is -0.0300. The summed E-state index contributed by atoms with van der Waals surface area (Å²) in [6.45, 7) is 5.99. The van der Waals surface area contributed by atoms with Crippen molar-refractivity contribution in [2.75, 3.05) is 34.4 Å². The van der Waals surface area contributed by atoms with Gasteiger partial charge >= 0.3 is 0 Å². The Morgan fingerprint density at radius 3 is 2.47 bits per heavy atom. The number of nitrogens with zero attached hydrogens (tertiary/aromatic N) is 1. The van der Waals surface area contributed by atoms with Gasteiger partial charge in [-0.05, 0) is 79.6 Å². The summed E-state index contributed by atoms with van der Waals surface area (Å²) in [5.41, 5.74) is 2.58. The molecule has 0 saturated heterocycles. The largest absolute Gasteiger partial charge is 0.493 e. The third-order valence-corrected chi connectivity index (χ3v) is 6.67. The molecule has 2 aromatic rings. The molecule has 3 rings (SSSR count). The normalized spacial score (nSPS) is 20.1. The second-order valence-corrected chi connectivity index (χ2v) is 9.16. The molecule has 0 radical (unpaired) electrons. The predicted molar refractivity (Wildman–Crippen MR) is 130 cm³/mol. The molecule has 0 heterocycles. The molecule has 2 aromatic carbocycles. The van der Waals surface area contributed by atoms with E-state index in [0.717, 1.165) is 48.6 Å². The second kappa shape index (κ2) is 11.4. The summed E-state index contributed by atoms with van der Waals surface area (Å²) in [6, 6.07) is 11.1. The minimum atomic E-state index is -0.767. The van der Waals surface area contributed by atoms with Crippen molar-refractivity contribution in [2.24, 2.45) is 5.92 Å². The standard InChI is InChI=1S/C26H36FNO3.ClH/c1-18(2)25-22-8-7-21(27)17-20(22)10-12-26(25,29)13-15-28(3)14-11-19-6-9-23(30-4)24(16-19)31-5;/h6-9,16-18,25,29H,10-15H2,1-5H3;1H/t25-,26-;/m1./s1. The summed E-state index contributed by atoms with van der Waals surface area (Å²) in [6.07, 6.45) is 3.00. The number of aliphatic hydroxyl groups is 1. The van der Waals surface area contributed by atoms with Crippen LogP contribution in [0.4, 0.5) is 4.39 Å². The zero-order valence-corrected chi connectivity index (χ0v) is 20.7. The van der Waals surface area contributed by atoms with Crippen LogP contribution >= 0.6 is 12.4 Å². The molecule has 0 bridgehead atoms. The van der Waals surface area contributed by atoms with E-state index in [4.69, 9.17) is 9.47 Å². The highest BCUT2D eigenvalue weighted by Crippen LogP contribution is 2.45. The van der Waals surface area contributed by atoms with Crippen LogP contribution in [0.25, 0.3) is 0 Å². The zero-order valence-electron chi connectivity index (χ0n) is 19.9. The summed E-state index contributed by atoms with van der Waals surface area (Å²) in [5.74, 6) is 1.59. The highest BCUT2D eigenvalue weighted by molar-refractivity contribution is 5.85. The van der Waals surface area contributed by atoms with Crippen molar-refractivity contribution in [3.63, 3.8) is 0 Å². The molecule has 0 aromatic heterocycles. The van der Waals surface area contributed by atoms with Crippen molar-refractivity contribution in [1.29, 1.82) is 0 Å². The molecule has 2 atom stereocenters. The summed E-state index contributed by atoms with van der Waals surface area (Å²) in [7, 11) is 5.39. The summed E-state index contributed by atoms with van der Waals surface area (Å²) in [5, 5.41) is 11.6. The number of benzene rings is 2. The molecule has 0 unspecified atom stereocenters. The fraction of sp³-hybridized carbons (Fsp3) is 0.538. The average molecular weight is 466 g/mol. The van der Waals surface area contributed by atoms with Gasteiger partial charge in [-0.3, -0.25) is 0 Å². The smallest absolute Gasteiger partial charge is 0.160 e. The van der Waals surface area contributed by atoms with Crippen LogP contribution in [-0.4, -0.2) is 50.0 Å². The number of halogens is 2. The molecule has 4 nitrogen and oxygen atoms in total. The van der Waals surface area contributed by atoms with Gasteiger partial charge in [-0.2, -0.15) is 0 Å². The Bertz CT molecular complexity index is 891. The number of methoxy groups -OCH3 is 2. The quantitative estimate of drug-likeness (QED) is 0.549. The molecular formula is C26H37ClFNO3. The fourth-order valence-corrected chi connectivity index (χ4v) is 5.00. The van der Waals surface area contributed by atoms with Gasteiger partial charge in [0.2, 0.25) is 0 Å². The molecule has 32 heavy (non-hydrogen) atoms. The molecule has 0 aliphatic heterocycles. The number of hydrogen-bond acceptors (Lipinski definition) is 4. The Balaban J connectivity index is 0.00000363. The number of fused-ring (bicyclic) bond motifs is 1. The number of hydrogen-bond donors (Lipinski definition) is 1. The van der Waals surface area contributed by atoms with Gasteiger partial charge in [0.1, 0.15) is 5.82 Å². The van der Waals surface area contributed by atoms with Crippen molar-refractivity contribution in [2.45, 2.75) is 51.0 Å². The van der Waals surface area contributed by atoms with Crippen LogP contribution in [0.2, 0.25) is 0 Å². The second-order valence-electron chi connectivity index (χ2n) is 9.16. The van der Waals surface area contributed by atoms with Crippen molar-refractivity contribution in [1.82, 2.24) is 4.90 Å². The first-order chi connectivity index (χ1) is 14.8. The fourth-order valence-electron chi connectivity index (χ4n) is 5.00. The van der Waals surface area contributed by atoms with E-state index in [1.165, 1.54) is 11.6 Å². The van der Waals surface area contributed by atoms with Gasteiger partial charge in [-0.25, -0.2) is 4.39 Å². The Morgan fingerprint density at radius 1 is 1.09 bits per heavy atom. The number of aryl methyl sites for hydroxylation is 1. The van der Waals surface area contributed by atoms with Crippen LogP contribution in [0.15, 0.2) is 36.4 Å². The summed E-state index contributed by atoms with van der Waals surface area (Å²) in [4.78, 5) is 2.27. The van der Waals surface area contributed by atoms with E-state index in [1.54, 1.807) is 20.3 Å². The van der Waals surface area contributed by atoms with Crippen LogP contribution in [0, 0.1) is 11.7 Å². The van der Waals surface area contributed by atoms with E-state index >= 15 is 0 Å². The maximum absolute atomic E-state index is 13.7. The molecule has 0 spiro atoms. The lowest BCUT2D eigenvalue weighted by Gasteiger charge is -2.44. The van der Waals surface area contributed by atoms with E-state index < -0.39 is 5.60 Å². The first kappa shape index (κ1) is 26.4. The van der Waals surface area contributed by atoms with E-state index in [0.29, 0.717) is 12.8 Å². The van der Waals surface area contributed by atoms with Crippen molar-refractivity contribution >= 4 is 12.4 Å². The molecule has 178 valence electrons. The highest BCUT2D eigenvalue weighted by atomic mass is 35.5. The van der Waals surface area contributed by atoms with Gasteiger partial charge in [0.05, 0.1) is 19.8 Å². The SMILES string of the molecule is COc1ccc(CCN(C)CC[C@]2(O)CCc3cc(F)ccc3[C@H]2C(C)C)cc1OC.Cl. The Labute approximate surface area is 198 Å². The predicted octanol–water partition coefficient (Wildman–Crippen LogP) is 5.25. The van der Waals surface area contributed by atoms with Gasteiger partial charge in [-0.15, -0.1) is 12.4 Å². The molecule has 1 aliphatic carbocycles. The molecule has 1 aliphatic rings. The molecule has 6 heteroatoms. The minimum Gasteiger partial charge on any atom is -0.493 e. The monoisotopic (exact) mass is 465 g/mol. The van der Waals surface area contributed by atoms with E-state index in [-0.39, 0.29) is 30.1 Å². The third kappa shape index (κ3) is 5.94. The van der Waals surface area contributed by atoms with Gasteiger partial charge in [0.25, 0.3) is 0 Å². The molecule has 1 N–H and O–H groups in total. The maximum Gasteiger partial charge on any atom is 0.160 e. The summed E-state index contributed by atoms with van der Waals surface area (Å²) < 4.78 is 24.4. The number of ether oxygens (including phenoxy) is 2. The lowest BCUT2D eigenvalue weighted by Crippen LogP contribution is -2.45. The topological polar surface area (TPSA) is 41.9 Å². The zero-order chi connectivity index (χ0) is 22.6.